The lowest BCUT2D eigenvalue weighted by Crippen LogP contribution is -2.39. The van der Waals surface area contributed by atoms with Crippen molar-refractivity contribution in [3.63, 3.8) is 0 Å². The van der Waals surface area contributed by atoms with Crippen LogP contribution in [-0.2, 0) is 0 Å². The third kappa shape index (κ3) is 5.70. The minimum atomic E-state index is -4.07. The summed E-state index contributed by atoms with van der Waals surface area (Å²) in [5.41, 5.74) is 0. The molecule has 0 aliphatic heterocycles. The Bertz CT molecular complexity index is 196. The first-order valence-electron chi connectivity index (χ1n) is 5.97. The zero-order valence-electron chi connectivity index (χ0n) is 9.39. The molecule has 2 nitrogen and oxygen atoms in total. The molecule has 96 valence electrons. The van der Waals surface area contributed by atoms with E-state index in [1.807, 2.05) is 0 Å². The predicted molar refractivity (Wildman–Crippen MR) is 56.2 cm³/mol. The summed E-state index contributed by atoms with van der Waals surface area (Å²) >= 11 is 0. The lowest BCUT2D eigenvalue weighted by Gasteiger charge is -2.21. The third-order valence-corrected chi connectivity index (χ3v) is 3.02. The molecule has 0 aromatic carbocycles. The molecule has 0 radical (unpaired) electrons. The monoisotopic (exact) mass is 239 g/mol. The fourth-order valence-electron chi connectivity index (χ4n) is 2.10. The van der Waals surface area contributed by atoms with E-state index >= 15 is 0 Å². The van der Waals surface area contributed by atoms with Crippen LogP contribution in [0.25, 0.3) is 0 Å². The number of halogens is 3. The number of aliphatic hydroxyl groups excluding tert-OH is 1. The van der Waals surface area contributed by atoms with Gasteiger partial charge in [0.15, 0.2) is 0 Å². The van der Waals surface area contributed by atoms with Crippen LogP contribution in [0.4, 0.5) is 13.2 Å². The van der Waals surface area contributed by atoms with Gasteiger partial charge in [0, 0.05) is 12.5 Å². The fourth-order valence-corrected chi connectivity index (χ4v) is 2.10. The van der Waals surface area contributed by atoms with E-state index in [2.05, 4.69) is 5.32 Å². The zero-order chi connectivity index (χ0) is 12.0. The molecule has 0 spiro atoms. The second-order valence-electron chi connectivity index (χ2n) is 4.48. The molecular formula is C11H20F3NO. The van der Waals surface area contributed by atoms with Crippen molar-refractivity contribution in [1.29, 1.82) is 0 Å². The Hall–Kier alpha value is -0.290. The Kier molecular flexibility index (Phi) is 5.55. The van der Waals surface area contributed by atoms with Crippen LogP contribution in [0.3, 0.4) is 0 Å². The van der Waals surface area contributed by atoms with Crippen molar-refractivity contribution in [3.05, 3.63) is 0 Å². The van der Waals surface area contributed by atoms with Crippen LogP contribution in [0.2, 0.25) is 0 Å². The normalized spacial score (nSPS) is 27.8. The molecule has 1 aliphatic rings. The number of hydrogen-bond acceptors (Lipinski definition) is 2. The molecule has 0 aromatic rings. The van der Waals surface area contributed by atoms with Gasteiger partial charge < -0.3 is 10.4 Å². The average molecular weight is 239 g/mol. The van der Waals surface area contributed by atoms with Gasteiger partial charge in [-0.15, -0.1) is 0 Å². The van der Waals surface area contributed by atoms with Crippen molar-refractivity contribution in [2.45, 2.75) is 63.3 Å². The highest BCUT2D eigenvalue weighted by Crippen LogP contribution is 2.21. The van der Waals surface area contributed by atoms with E-state index in [0.717, 1.165) is 32.1 Å². The lowest BCUT2D eigenvalue weighted by molar-refractivity contribution is -0.135. The molecule has 16 heavy (non-hydrogen) atoms. The molecule has 0 heterocycles. The van der Waals surface area contributed by atoms with Crippen molar-refractivity contribution in [3.8, 4) is 0 Å². The third-order valence-electron chi connectivity index (χ3n) is 3.02. The molecule has 5 heteroatoms. The van der Waals surface area contributed by atoms with E-state index in [9.17, 15) is 18.3 Å². The van der Waals surface area contributed by atoms with Crippen molar-refractivity contribution in [2.24, 2.45) is 0 Å². The molecule has 2 atom stereocenters. The van der Waals surface area contributed by atoms with Gasteiger partial charge in [0.25, 0.3) is 0 Å². The van der Waals surface area contributed by atoms with Gasteiger partial charge in [0.05, 0.1) is 6.10 Å². The molecule has 1 rings (SSSR count). The second-order valence-corrected chi connectivity index (χ2v) is 4.48. The smallest absolute Gasteiger partial charge is 0.389 e. The summed E-state index contributed by atoms with van der Waals surface area (Å²) in [5, 5.41) is 12.8. The largest absolute Gasteiger partial charge is 0.392 e. The molecule has 1 aliphatic carbocycles. The summed E-state index contributed by atoms with van der Waals surface area (Å²) in [6.07, 6.45) is -0.315. The summed E-state index contributed by atoms with van der Waals surface area (Å²) in [5.74, 6) is 0. The zero-order valence-corrected chi connectivity index (χ0v) is 9.39. The first kappa shape index (κ1) is 13.8. The number of alkyl halides is 3. The summed E-state index contributed by atoms with van der Waals surface area (Å²) in [4.78, 5) is 0. The lowest BCUT2D eigenvalue weighted by atomic mass is 10.1. The Balaban J connectivity index is 2.15. The number of rotatable bonds is 4. The Labute approximate surface area is 94.2 Å². The highest BCUT2D eigenvalue weighted by atomic mass is 19.4. The predicted octanol–water partition coefficient (Wildman–Crippen LogP) is 2.61. The topological polar surface area (TPSA) is 32.3 Å². The SMILES string of the molecule is OC1CCCCCC1NCCCC(F)(F)F. The maximum Gasteiger partial charge on any atom is 0.389 e. The summed E-state index contributed by atoms with van der Waals surface area (Å²) < 4.78 is 35.7. The van der Waals surface area contributed by atoms with Crippen LogP contribution < -0.4 is 5.32 Å². The van der Waals surface area contributed by atoms with Gasteiger partial charge in [-0.3, -0.25) is 0 Å². The van der Waals surface area contributed by atoms with Gasteiger partial charge in [-0.25, -0.2) is 0 Å². The standard InChI is InChI=1S/C11H20F3NO/c12-11(13,14)7-4-8-15-9-5-2-1-3-6-10(9)16/h9-10,15-16H,1-8H2. The highest BCUT2D eigenvalue weighted by molar-refractivity contribution is 4.78. The quantitative estimate of drug-likeness (QED) is 0.584. The van der Waals surface area contributed by atoms with Gasteiger partial charge in [-0.1, -0.05) is 19.3 Å². The first-order chi connectivity index (χ1) is 7.49. The van der Waals surface area contributed by atoms with Crippen molar-refractivity contribution in [2.75, 3.05) is 6.54 Å². The maximum atomic E-state index is 11.9. The fraction of sp³-hybridized carbons (Fsp3) is 1.00. The van der Waals surface area contributed by atoms with E-state index in [-0.39, 0.29) is 12.5 Å². The first-order valence-corrected chi connectivity index (χ1v) is 5.97. The molecular weight excluding hydrogens is 219 g/mol. The molecule has 0 aromatic heterocycles. The average Bonchev–Trinajstić information content (AvgIpc) is 2.37. The molecule has 2 unspecified atom stereocenters. The summed E-state index contributed by atoms with van der Waals surface area (Å²) in [6.45, 7) is 0.335. The van der Waals surface area contributed by atoms with Crippen molar-refractivity contribution >= 4 is 0 Å². The Morgan fingerprint density at radius 2 is 1.81 bits per heavy atom. The molecule has 0 amide bonds. The number of hydrogen-bond donors (Lipinski definition) is 2. The van der Waals surface area contributed by atoms with Crippen molar-refractivity contribution in [1.82, 2.24) is 5.32 Å². The Morgan fingerprint density at radius 1 is 1.12 bits per heavy atom. The summed E-state index contributed by atoms with van der Waals surface area (Å²) in [7, 11) is 0. The van der Waals surface area contributed by atoms with Crippen LogP contribution in [0.5, 0.6) is 0 Å². The Morgan fingerprint density at radius 3 is 2.50 bits per heavy atom. The van der Waals surface area contributed by atoms with E-state index in [1.54, 1.807) is 0 Å². The van der Waals surface area contributed by atoms with Crippen molar-refractivity contribution < 1.29 is 18.3 Å². The second kappa shape index (κ2) is 6.45. The maximum absolute atomic E-state index is 11.9. The summed E-state index contributed by atoms with van der Waals surface area (Å²) in [6, 6.07) is -0.0178. The van der Waals surface area contributed by atoms with Crippen LogP contribution >= 0.6 is 0 Å². The molecule has 2 N–H and O–H groups in total. The van der Waals surface area contributed by atoms with Crippen LogP contribution in [-0.4, -0.2) is 30.0 Å². The van der Waals surface area contributed by atoms with Gasteiger partial charge in [0.2, 0.25) is 0 Å². The minimum absolute atomic E-state index is 0.0178. The number of nitrogens with one attached hydrogen (secondary N) is 1. The van der Waals surface area contributed by atoms with Crippen LogP contribution in [0, 0.1) is 0 Å². The number of aliphatic hydroxyl groups is 1. The molecule has 0 bridgehead atoms. The van der Waals surface area contributed by atoms with E-state index in [4.69, 9.17) is 0 Å². The van der Waals surface area contributed by atoms with Gasteiger partial charge in [0.1, 0.15) is 0 Å². The van der Waals surface area contributed by atoms with Gasteiger partial charge in [-0.2, -0.15) is 13.2 Å². The molecule has 1 fully saturated rings. The minimum Gasteiger partial charge on any atom is -0.392 e. The van der Waals surface area contributed by atoms with Gasteiger partial charge in [-0.05, 0) is 25.8 Å². The van der Waals surface area contributed by atoms with Gasteiger partial charge >= 0.3 is 6.18 Å². The molecule has 1 saturated carbocycles. The highest BCUT2D eigenvalue weighted by Gasteiger charge is 2.26. The van der Waals surface area contributed by atoms with E-state index < -0.39 is 18.7 Å². The van der Waals surface area contributed by atoms with Crippen LogP contribution in [0.15, 0.2) is 0 Å². The van der Waals surface area contributed by atoms with E-state index in [0.29, 0.717) is 6.54 Å². The van der Waals surface area contributed by atoms with E-state index in [1.165, 1.54) is 0 Å². The molecule has 0 saturated heterocycles. The van der Waals surface area contributed by atoms with Crippen LogP contribution in [0.1, 0.15) is 44.9 Å².